The lowest BCUT2D eigenvalue weighted by atomic mass is 10.3. The van der Waals surface area contributed by atoms with Crippen molar-refractivity contribution in [2.75, 3.05) is 26.5 Å². The highest BCUT2D eigenvalue weighted by Gasteiger charge is 2.33. The van der Waals surface area contributed by atoms with Gasteiger partial charge in [-0.15, -0.1) is 0 Å². The maximum absolute atomic E-state index is 11.4. The molecule has 1 aliphatic rings. The van der Waals surface area contributed by atoms with Crippen LogP contribution < -0.4 is 15.4 Å². The highest BCUT2D eigenvalue weighted by Crippen LogP contribution is 2.28. The van der Waals surface area contributed by atoms with E-state index in [9.17, 15) is 8.42 Å². The first kappa shape index (κ1) is 16.6. The highest BCUT2D eigenvalue weighted by atomic mass is 32.2. The van der Waals surface area contributed by atoms with Gasteiger partial charge in [0, 0.05) is 19.3 Å². The summed E-state index contributed by atoms with van der Waals surface area (Å²) in [6, 6.07) is 6.95. The molecule has 2 N–H and O–H groups in total. The SMILES string of the molecule is CN=C(NCCOc1ccc(S(C)(=O)=O)cc1)NC1CC1C. The molecular weight excluding hydrogens is 302 g/mol. The number of aliphatic imine (C=N–C) groups is 1. The van der Waals surface area contributed by atoms with Gasteiger partial charge in [0.1, 0.15) is 12.4 Å². The topological polar surface area (TPSA) is 79.8 Å². The molecule has 7 heteroatoms. The molecule has 0 aromatic heterocycles. The third kappa shape index (κ3) is 4.91. The van der Waals surface area contributed by atoms with E-state index in [0.717, 1.165) is 5.96 Å². The smallest absolute Gasteiger partial charge is 0.191 e. The van der Waals surface area contributed by atoms with Gasteiger partial charge < -0.3 is 15.4 Å². The number of nitrogens with one attached hydrogen (secondary N) is 2. The third-order valence-corrected chi connectivity index (χ3v) is 4.70. The van der Waals surface area contributed by atoms with Crippen LogP contribution in [-0.2, 0) is 9.84 Å². The molecule has 6 nitrogen and oxygen atoms in total. The van der Waals surface area contributed by atoms with Gasteiger partial charge in [0.25, 0.3) is 0 Å². The predicted octanol–water partition coefficient (Wildman–Crippen LogP) is 1.04. The first-order valence-electron chi connectivity index (χ1n) is 7.30. The molecule has 1 saturated carbocycles. The number of nitrogens with zero attached hydrogens (tertiary/aromatic N) is 1. The zero-order chi connectivity index (χ0) is 16.2. The zero-order valence-electron chi connectivity index (χ0n) is 13.2. The van der Waals surface area contributed by atoms with E-state index in [1.807, 2.05) is 0 Å². The van der Waals surface area contributed by atoms with E-state index in [1.165, 1.54) is 12.7 Å². The minimum Gasteiger partial charge on any atom is -0.492 e. The van der Waals surface area contributed by atoms with Gasteiger partial charge in [-0.05, 0) is 36.6 Å². The fourth-order valence-electron chi connectivity index (χ4n) is 2.01. The fraction of sp³-hybridized carbons (Fsp3) is 0.533. The first-order chi connectivity index (χ1) is 10.4. The molecule has 22 heavy (non-hydrogen) atoms. The van der Waals surface area contributed by atoms with Crippen molar-refractivity contribution < 1.29 is 13.2 Å². The van der Waals surface area contributed by atoms with Crippen LogP contribution in [0.25, 0.3) is 0 Å². The Bertz CT molecular complexity index is 626. The molecule has 0 radical (unpaired) electrons. The summed E-state index contributed by atoms with van der Waals surface area (Å²) in [6.07, 6.45) is 2.37. The first-order valence-corrected chi connectivity index (χ1v) is 9.19. The summed E-state index contributed by atoms with van der Waals surface area (Å²) in [6.45, 7) is 3.29. The van der Waals surface area contributed by atoms with Crippen molar-refractivity contribution >= 4 is 15.8 Å². The van der Waals surface area contributed by atoms with Gasteiger partial charge in [-0.2, -0.15) is 0 Å². The number of sulfone groups is 1. The summed E-state index contributed by atoms with van der Waals surface area (Å²) in [7, 11) is -1.42. The molecule has 0 amide bonds. The van der Waals surface area contributed by atoms with Gasteiger partial charge in [-0.25, -0.2) is 8.42 Å². The number of benzene rings is 1. The average molecular weight is 325 g/mol. The van der Waals surface area contributed by atoms with Crippen molar-refractivity contribution in [1.29, 1.82) is 0 Å². The van der Waals surface area contributed by atoms with Crippen molar-refractivity contribution in [3.05, 3.63) is 24.3 Å². The number of rotatable bonds is 6. The number of ether oxygens (including phenoxy) is 1. The van der Waals surface area contributed by atoms with Crippen molar-refractivity contribution in [3.63, 3.8) is 0 Å². The maximum atomic E-state index is 11.4. The highest BCUT2D eigenvalue weighted by molar-refractivity contribution is 7.90. The molecular formula is C15H23N3O3S. The Hall–Kier alpha value is -1.76. The third-order valence-electron chi connectivity index (χ3n) is 3.57. The summed E-state index contributed by atoms with van der Waals surface area (Å²) in [4.78, 5) is 4.45. The van der Waals surface area contributed by atoms with E-state index in [4.69, 9.17) is 4.74 Å². The molecule has 2 rings (SSSR count). The second-order valence-electron chi connectivity index (χ2n) is 5.55. The van der Waals surface area contributed by atoms with Crippen LogP contribution in [-0.4, -0.2) is 46.9 Å². The minimum absolute atomic E-state index is 0.293. The second-order valence-corrected chi connectivity index (χ2v) is 7.57. The molecule has 1 aromatic carbocycles. The van der Waals surface area contributed by atoms with Gasteiger partial charge in [0.2, 0.25) is 0 Å². The Morgan fingerprint density at radius 1 is 1.36 bits per heavy atom. The molecule has 1 aliphatic carbocycles. The minimum atomic E-state index is -3.16. The Labute approximate surface area is 131 Å². The predicted molar refractivity (Wildman–Crippen MR) is 87.1 cm³/mol. The zero-order valence-corrected chi connectivity index (χ0v) is 14.0. The van der Waals surface area contributed by atoms with Crippen LogP contribution in [0.4, 0.5) is 0 Å². The normalized spacial score (nSPS) is 21.3. The largest absolute Gasteiger partial charge is 0.492 e. The van der Waals surface area contributed by atoms with Crippen LogP contribution >= 0.6 is 0 Å². The van der Waals surface area contributed by atoms with E-state index in [-0.39, 0.29) is 0 Å². The van der Waals surface area contributed by atoms with E-state index >= 15 is 0 Å². The molecule has 1 aromatic rings. The fourth-order valence-corrected chi connectivity index (χ4v) is 2.65. The molecule has 1 fully saturated rings. The molecule has 0 aliphatic heterocycles. The second kappa shape index (κ2) is 7.00. The molecule has 0 heterocycles. The Kier molecular flexibility index (Phi) is 5.28. The van der Waals surface area contributed by atoms with Crippen molar-refractivity contribution in [3.8, 4) is 5.75 Å². The van der Waals surface area contributed by atoms with Crippen LogP contribution in [0, 0.1) is 5.92 Å². The molecule has 0 saturated heterocycles. The quantitative estimate of drug-likeness (QED) is 0.464. The van der Waals surface area contributed by atoms with Crippen molar-refractivity contribution in [2.45, 2.75) is 24.3 Å². The lowest BCUT2D eigenvalue weighted by Gasteiger charge is -2.12. The summed E-state index contributed by atoms with van der Waals surface area (Å²) in [5.41, 5.74) is 0. The molecule has 0 bridgehead atoms. The van der Waals surface area contributed by atoms with Gasteiger partial charge >= 0.3 is 0 Å². The molecule has 0 spiro atoms. The molecule has 2 atom stereocenters. The van der Waals surface area contributed by atoms with E-state index in [2.05, 4.69) is 22.5 Å². The van der Waals surface area contributed by atoms with E-state index in [0.29, 0.717) is 35.8 Å². The van der Waals surface area contributed by atoms with Gasteiger partial charge in [-0.1, -0.05) is 6.92 Å². The monoisotopic (exact) mass is 325 g/mol. The van der Waals surface area contributed by atoms with E-state index < -0.39 is 9.84 Å². The van der Waals surface area contributed by atoms with Crippen LogP contribution in [0.2, 0.25) is 0 Å². The van der Waals surface area contributed by atoms with Crippen LogP contribution in [0.15, 0.2) is 34.2 Å². The maximum Gasteiger partial charge on any atom is 0.191 e. The lowest BCUT2D eigenvalue weighted by molar-refractivity contribution is 0.321. The summed E-state index contributed by atoms with van der Waals surface area (Å²) in [5, 5.41) is 6.51. The van der Waals surface area contributed by atoms with Crippen LogP contribution in [0.5, 0.6) is 5.75 Å². The van der Waals surface area contributed by atoms with Crippen LogP contribution in [0.3, 0.4) is 0 Å². The van der Waals surface area contributed by atoms with Gasteiger partial charge in [0.15, 0.2) is 15.8 Å². The molecule has 122 valence electrons. The Balaban J connectivity index is 1.72. The number of hydrogen-bond donors (Lipinski definition) is 2. The summed E-state index contributed by atoms with van der Waals surface area (Å²) < 4.78 is 28.3. The summed E-state index contributed by atoms with van der Waals surface area (Å²) >= 11 is 0. The molecule has 2 unspecified atom stereocenters. The van der Waals surface area contributed by atoms with Crippen LogP contribution in [0.1, 0.15) is 13.3 Å². The summed E-state index contributed by atoms with van der Waals surface area (Å²) in [5.74, 6) is 2.14. The number of guanidine groups is 1. The standard InChI is InChI=1S/C15H23N3O3S/c1-11-10-14(11)18-15(16-2)17-8-9-21-12-4-6-13(7-5-12)22(3,19)20/h4-7,11,14H,8-10H2,1-3H3,(H2,16,17,18). The van der Waals surface area contributed by atoms with Crippen molar-refractivity contribution in [1.82, 2.24) is 10.6 Å². The Morgan fingerprint density at radius 3 is 2.50 bits per heavy atom. The van der Waals surface area contributed by atoms with E-state index in [1.54, 1.807) is 31.3 Å². The number of hydrogen-bond acceptors (Lipinski definition) is 4. The lowest BCUT2D eigenvalue weighted by Crippen LogP contribution is -2.40. The Morgan fingerprint density at radius 2 is 2.00 bits per heavy atom. The van der Waals surface area contributed by atoms with Gasteiger partial charge in [0.05, 0.1) is 11.4 Å². The van der Waals surface area contributed by atoms with Gasteiger partial charge in [-0.3, -0.25) is 4.99 Å². The van der Waals surface area contributed by atoms with Crippen molar-refractivity contribution in [2.24, 2.45) is 10.9 Å². The average Bonchev–Trinajstić information content (AvgIpc) is 3.17.